The Morgan fingerprint density at radius 3 is 3.00 bits per heavy atom. The minimum absolute atomic E-state index is 0.00407. The Balaban J connectivity index is 2.48. The normalized spacial score (nSPS) is 19.8. The zero-order valence-corrected chi connectivity index (χ0v) is 8.47. The maximum Gasteiger partial charge on any atom is 0.233 e. The molecule has 1 amide bonds. The van der Waals surface area contributed by atoms with E-state index in [1.807, 2.05) is 18.2 Å². The highest BCUT2D eigenvalue weighted by molar-refractivity contribution is 9.10. The van der Waals surface area contributed by atoms with Crippen molar-refractivity contribution in [3.63, 3.8) is 0 Å². The predicted octanol–water partition coefficient (Wildman–Crippen LogP) is 1.44. The molecule has 1 aliphatic heterocycles. The molecular weight excluding hydrogens is 232 g/mol. The highest BCUT2D eigenvalue weighted by atomic mass is 79.9. The van der Waals surface area contributed by atoms with E-state index in [2.05, 4.69) is 21.2 Å². The van der Waals surface area contributed by atoms with Crippen molar-refractivity contribution >= 4 is 27.5 Å². The number of halogens is 1. The van der Waals surface area contributed by atoms with Gasteiger partial charge in [0.15, 0.2) is 0 Å². The van der Waals surface area contributed by atoms with E-state index in [-0.39, 0.29) is 11.8 Å². The van der Waals surface area contributed by atoms with Gasteiger partial charge in [-0.25, -0.2) is 0 Å². The fraction of sp³-hybridized carbons (Fsp3) is 0.222. The van der Waals surface area contributed by atoms with Crippen LogP contribution < -0.4 is 11.1 Å². The zero-order chi connectivity index (χ0) is 9.42. The fourth-order valence-electron chi connectivity index (χ4n) is 1.54. The van der Waals surface area contributed by atoms with Crippen LogP contribution in [0.25, 0.3) is 0 Å². The zero-order valence-electron chi connectivity index (χ0n) is 6.88. The number of amides is 1. The highest BCUT2D eigenvalue weighted by Crippen LogP contribution is 2.33. The maximum atomic E-state index is 11.4. The molecule has 4 heteroatoms. The summed E-state index contributed by atoms with van der Waals surface area (Å²) < 4.78 is 0.962. The summed E-state index contributed by atoms with van der Waals surface area (Å²) in [6, 6.07) is 5.74. The lowest BCUT2D eigenvalue weighted by Crippen LogP contribution is -2.20. The summed E-state index contributed by atoms with van der Waals surface area (Å²) in [6.07, 6.45) is 0. The molecule has 0 aliphatic carbocycles. The van der Waals surface area contributed by atoms with E-state index in [9.17, 15) is 4.79 Å². The Morgan fingerprint density at radius 2 is 2.31 bits per heavy atom. The lowest BCUT2D eigenvalue weighted by molar-refractivity contribution is -0.116. The van der Waals surface area contributed by atoms with Gasteiger partial charge in [-0.15, -0.1) is 0 Å². The molecule has 1 aliphatic rings. The SMILES string of the molecule is NCC1C(=O)Nc2cc(Br)ccc21. The van der Waals surface area contributed by atoms with E-state index in [4.69, 9.17) is 5.73 Å². The molecule has 68 valence electrons. The summed E-state index contributed by atoms with van der Waals surface area (Å²) in [5, 5.41) is 2.79. The molecule has 0 fully saturated rings. The number of carbonyl (C=O) groups excluding carboxylic acids is 1. The molecule has 1 atom stereocenters. The van der Waals surface area contributed by atoms with Crippen LogP contribution >= 0.6 is 15.9 Å². The Labute approximate surface area is 84.4 Å². The van der Waals surface area contributed by atoms with Gasteiger partial charge in [0.1, 0.15) is 0 Å². The van der Waals surface area contributed by atoms with E-state index in [1.54, 1.807) is 0 Å². The van der Waals surface area contributed by atoms with Gasteiger partial charge in [0.05, 0.1) is 5.92 Å². The van der Waals surface area contributed by atoms with Crippen molar-refractivity contribution in [3.05, 3.63) is 28.2 Å². The van der Waals surface area contributed by atoms with Crippen molar-refractivity contribution in [2.24, 2.45) is 5.73 Å². The van der Waals surface area contributed by atoms with Crippen LogP contribution in [0.15, 0.2) is 22.7 Å². The van der Waals surface area contributed by atoms with Gasteiger partial charge in [-0.3, -0.25) is 4.79 Å². The molecule has 0 radical (unpaired) electrons. The number of benzene rings is 1. The fourth-order valence-corrected chi connectivity index (χ4v) is 1.90. The number of hydrogen-bond acceptors (Lipinski definition) is 2. The standard InChI is InChI=1S/C9H9BrN2O/c10-5-1-2-6-7(4-11)9(13)12-8(6)3-5/h1-3,7H,4,11H2,(H,12,13). The van der Waals surface area contributed by atoms with Crippen LogP contribution in [-0.4, -0.2) is 12.5 Å². The number of rotatable bonds is 1. The maximum absolute atomic E-state index is 11.4. The van der Waals surface area contributed by atoms with Crippen molar-refractivity contribution < 1.29 is 4.79 Å². The Hall–Kier alpha value is -0.870. The van der Waals surface area contributed by atoms with Crippen molar-refractivity contribution in [2.45, 2.75) is 5.92 Å². The lowest BCUT2D eigenvalue weighted by Gasteiger charge is -2.03. The van der Waals surface area contributed by atoms with Gasteiger partial charge < -0.3 is 11.1 Å². The highest BCUT2D eigenvalue weighted by Gasteiger charge is 2.28. The van der Waals surface area contributed by atoms with Crippen LogP contribution in [0.2, 0.25) is 0 Å². The number of fused-ring (bicyclic) bond motifs is 1. The number of hydrogen-bond donors (Lipinski definition) is 2. The summed E-state index contributed by atoms with van der Waals surface area (Å²) in [7, 11) is 0. The molecule has 0 saturated heterocycles. The van der Waals surface area contributed by atoms with Crippen molar-refractivity contribution in [3.8, 4) is 0 Å². The summed E-state index contributed by atoms with van der Waals surface area (Å²) in [5.41, 5.74) is 7.37. The molecule has 0 saturated carbocycles. The molecule has 1 unspecified atom stereocenters. The van der Waals surface area contributed by atoms with Crippen LogP contribution in [0.1, 0.15) is 11.5 Å². The third-order valence-corrected chi connectivity index (χ3v) is 2.69. The van der Waals surface area contributed by atoms with E-state index >= 15 is 0 Å². The van der Waals surface area contributed by atoms with Gasteiger partial charge in [-0.05, 0) is 17.7 Å². The molecule has 13 heavy (non-hydrogen) atoms. The second-order valence-electron chi connectivity index (χ2n) is 3.01. The summed E-state index contributed by atoms with van der Waals surface area (Å²) >= 11 is 3.34. The third-order valence-electron chi connectivity index (χ3n) is 2.20. The van der Waals surface area contributed by atoms with E-state index in [1.165, 1.54) is 0 Å². The third kappa shape index (κ3) is 1.36. The Kier molecular flexibility index (Phi) is 2.09. The quantitative estimate of drug-likeness (QED) is 0.781. The van der Waals surface area contributed by atoms with Crippen LogP contribution in [-0.2, 0) is 4.79 Å². The largest absolute Gasteiger partial charge is 0.329 e. The second-order valence-corrected chi connectivity index (χ2v) is 3.92. The minimum Gasteiger partial charge on any atom is -0.329 e. The number of nitrogens with one attached hydrogen (secondary N) is 1. The second kappa shape index (κ2) is 3.12. The molecular formula is C9H9BrN2O. The molecule has 1 aromatic rings. The molecule has 0 spiro atoms. The smallest absolute Gasteiger partial charge is 0.233 e. The van der Waals surface area contributed by atoms with Crippen LogP contribution in [0.5, 0.6) is 0 Å². The van der Waals surface area contributed by atoms with Gasteiger partial charge in [0, 0.05) is 16.7 Å². The van der Waals surface area contributed by atoms with Crippen LogP contribution in [0.4, 0.5) is 5.69 Å². The van der Waals surface area contributed by atoms with Crippen molar-refractivity contribution in [1.82, 2.24) is 0 Å². The monoisotopic (exact) mass is 240 g/mol. The first kappa shape index (κ1) is 8.72. The van der Waals surface area contributed by atoms with E-state index in [0.29, 0.717) is 6.54 Å². The summed E-state index contributed by atoms with van der Waals surface area (Å²) in [4.78, 5) is 11.4. The van der Waals surface area contributed by atoms with Gasteiger partial charge in [0.25, 0.3) is 0 Å². The molecule has 3 nitrogen and oxygen atoms in total. The Morgan fingerprint density at radius 1 is 1.54 bits per heavy atom. The molecule has 1 heterocycles. The number of carbonyl (C=O) groups is 1. The first-order valence-corrected chi connectivity index (χ1v) is 4.82. The predicted molar refractivity (Wildman–Crippen MR) is 54.6 cm³/mol. The average Bonchev–Trinajstić information content (AvgIpc) is 2.39. The number of anilines is 1. The van der Waals surface area contributed by atoms with Gasteiger partial charge >= 0.3 is 0 Å². The average molecular weight is 241 g/mol. The minimum atomic E-state index is -0.178. The molecule has 3 N–H and O–H groups in total. The van der Waals surface area contributed by atoms with Crippen molar-refractivity contribution in [2.75, 3.05) is 11.9 Å². The summed E-state index contributed by atoms with van der Waals surface area (Å²) in [5.74, 6) is -0.182. The summed E-state index contributed by atoms with van der Waals surface area (Å²) in [6.45, 7) is 0.362. The molecule has 0 bridgehead atoms. The van der Waals surface area contributed by atoms with Crippen LogP contribution in [0, 0.1) is 0 Å². The van der Waals surface area contributed by atoms with Gasteiger partial charge in [-0.1, -0.05) is 22.0 Å². The van der Waals surface area contributed by atoms with Crippen molar-refractivity contribution in [1.29, 1.82) is 0 Å². The van der Waals surface area contributed by atoms with Gasteiger partial charge in [0.2, 0.25) is 5.91 Å². The molecule has 1 aromatic carbocycles. The lowest BCUT2D eigenvalue weighted by atomic mass is 10.0. The first-order chi connectivity index (χ1) is 6.22. The van der Waals surface area contributed by atoms with Gasteiger partial charge in [-0.2, -0.15) is 0 Å². The Bertz CT molecular complexity index is 365. The number of nitrogens with two attached hydrogens (primary N) is 1. The molecule has 2 rings (SSSR count). The topological polar surface area (TPSA) is 55.1 Å². The van der Waals surface area contributed by atoms with Crippen LogP contribution in [0.3, 0.4) is 0 Å². The van der Waals surface area contributed by atoms with E-state index in [0.717, 1.165) is 15.7 Å². The molecule has 0 aromatic heterocycles. The first-order valence-electron chi connectivity index (χ1n) is 4.02. The van der Waals surface area contributed by atoms with E-state index < -0.39 is 0 Å².